The van der Waals surface area contributed by atoms with Gasteiger partial charge in [0.25, 0.3) is 5.56 Å². The van der Waals surface area contributed by atoms with E-state index in [1.54, 1.807) is 0 Å². The highest BCUT2D eigenvalue weighted by molar-refractivity contribution is 5.67. The Morgan fingerprint density at radius 3 is 2.39 bits per heavy atom. The van der Waals surface area contributed by atoms with Crippen LogP contribution in [0.15, 0.2) is 40.1 Å². The molecule has 2 aromatic rings. The number of aryl methyl sites for hydroxylation is 1. The molecular formula is C15H15FN2O5. The van der Waals surface area contributed by atoms with Gasteiger partial charge >= 0.3 is 11.7 Å². The smallest absolute Gasteiger partial charge is 0.335 e. The van der Waals surface area contributed by atoms with Gasteiger partial charge in [-0.05, 0) is 30.7 Å². The summed E-state index contributed by atoms with van der Waals surface area (Å²) in [5.74, 6) is -1.59. The Balaban J connectivity index is 2.63. The lowest BCUT2D eigenvalue weighted by Crippen LogP contribution is -2.40. The first kappa shape index (κ1) is 16.6. The Bertz CT molecular complexity index is 823. The maximum atomic E-state index is 13.0. The number of nitrogens with zero attached hydrogens (tertiary/aromatic N) is 2. The molecule has 2 rings (SSSR count). The maximum Gasteiger partial charge on any atom is 0.335 e. The van der Waals surface area contributed by atoms with E-state index < -0.39 is 23.0 Å². The molecule has 0 saturated heterocycles. The number of aliphatic carboxylic acids is 1. The van der Waals surface area contributed by atoms with Crippen molar-refractivity contribution < 1.29 is 19.4 Å². The van der Waals surface area contributed by atoms with Crippen LogP contribution in [0.4, 0.5) is 4.39 Å². The lowest BCUT2D eigenvalue weighted by molar-refractivity contribution is -0.136. The molecule has 0 amide bonds. The first-order chi connectivity index (χ1) is 10.9. The molecule has 2 N–H and O–H groups in total. The summed E-state index contributed by atoms with van der Waals surface area (Å²) in [6.07, 6.45) is 0.931. The second kappa shape index (κ2) is 7.01. The number of aliphatic hydroxyl groups excluding tert-OH is 1. The highest BCUT2D eigenvalue weighted by Crippen LogP contribution is 2.06. The minimum atomic E-state index is -1.07. The zero-order valence-electron chi connectivity index (χ0n) is 12.1. The average Bonchev–Trinajstić information content (AvgIpc) is 2.51. The summed E-state index contributed by atoms with van der Waals surface area (Å²) >= 11 is 0. The van der Waals surface area contributed by atoms with Gasteiger partial charge in [0, 0.05) is 18.2 Å². The average molecular weight is 322 g/mol. The van der Waals surface area contributed by atoms with E-state index in [0.29, 0.717) is 0 Å². The van der Waals surface area contributed by atoms with Crippen molar-refractivity contribution in [3.63, 3.8) is 0 Å². The number of aliphatic hydroxyl groups is 1. The zero-order chi connectivity index (χ0) is 17.0. The number of rotatable bonds is 6. The number of carboxylic acids is 1. The van der Waals surface area contributed by atoms with Gasteiger partial charge in [-0.25, -0.2) is 13.8 Å². The van der Waals surface area contributed by atoms with E-state index in [2.05, 4.69) is 0 Å². The number of hydrogen-bond donors (Lipinski definition) is 2. The molecule has 0 aliphatic heterocycles. The summed E-state index contributed by atoms with van der Waals surface area (Å²) in [6, 6.07) is 4.79. The zero-order valence-corrected chi connectivity index (χ0v) is 12.1. The van der Waals surface area contributed by atoms with Crippen LogP contribution in [0.25, 0.3) is 5.69 Å². The standard InChI is InChI=1S/C15H15FN2O5/c16-11-2-4-12(5-3-11)18-14(22)10(1-6-13(20)21)9-17(7-8-19)15(18)23/h2-5,9,19H,1,6-8H2,(H,20,21). The summed E-state index contributed by atoms with van der Waals surface area (Å²) in [6.45, 7) is -0.361. The van der Waals surface area contributed by atoms with E-state index in [1.807, 2.05) is 0 Å². The Labute approximate surface area is 129 Å². The molecule has 0 radical (unpaired) electrons. The minimum Gasteiger partial charge on any atom is -0.481 e. The molecule has 0 spiro atoms. The third-order valence-electron chi connectivity index (χ3n) is 3.26. The quantitative estimate of drug-likeness (QED) is 0.788. The van der Waals surface area contributed by atoms with Crippen molar-refractivity contribution in [3.8, 4) is 5.69 Å². The fourth-order valence-corrected chi connectivity index (χ4v) is 2.16. The van der Waals surface area contributed by atoms with Crippen LogP contribution in [0.3, 0.4) is 0 Å². The molecular weight excluding hydrogens is 307 g/mol. The van der Waals surface area contributed by atoms with Crippen LogP contribution in [0, 0.1) is 5.82 Å². The van der Waals surface area contributed by atoms with Gasteiger partial charge in [-0.2, -0.15) is 0 Å². The summed E-state index contributed by atoms with van der Waals surface area (Å²) in [4.78, 5) is 35.5. The lowest BCUT2D eigenvalue weighted by atomic mass is 10.2. The van der Waals surface area contributed by atoms with E-state index in [4.69, 9.17) is 10.2 Å². The molecule has 8 heteroatoms. The molecule has 0 saturated carbocycles. The lowest BCUT2D eigenvalue weighted by Gasteiger charge is -2.12. The van der Waals surface area contributed by atoms with Gasteiger partial charge in [0.1, 0.15) is 5.82 Å². The van der Waals surface area contributed by atoms with E-state index in [9.17, 15) is 18.8 Å². The minimum absolute atomic E-state index is 0.0413. The molecule has 1 heterocycles. The molecule has 1 aromatic heterocycles. The highest BCUT2D eigenvalue weighted by atomic mass is 19.1. The SMILES string of the molecule is O=C(O)CCc1cn(CCO)c(=O)n(-c2ccc(F)cc2)c1=O. The van der Waals surface area contributed by atoms with Gasteiger partial charge in [-0.15, -0.1) is 0 Å². The Hall–Kier alpha value is -2.74. The topological polar surface area (TPSA) is 102 Å². The van der Waals surface area contributed by atoms with Crippen molar-refractivity contribution in [2.45, 2.75) is 19.4 Å². The maximum absolute atomic E-state index is 13.0. The van der Waals surface area contributed by atoms with Gasteiger partial charge in [0.2, 0.25) is 0 Å². The van der Waals surface area contributed by atoms with Gasteiger partial charge in [0.15, 0.2) is 0 Å². The predicted octanol–water partition coefficient (Wildman–Crippen LogP) is 0.148. The molecule has 0 atom stereocenters. The van der Waals surface area contributed by atoms with Crippen LogP contribution < -0.4 is 11.2 Å². The molecule has 0 fully saturated rings. The largest absolute Gasteiger partial charge is 0.481 e. The molecule has 7 nitrogen and oxygen atoms in total. The van der Waals surface area contributed by atoms with Crippen LogP contribution >= 0.6 is 0 Å². The van der Waals surface area contributed by atoms with E-state index >= 15 is 0 Å². The van der Waals surface area contributed by atoms with Crippen LogP contribution in [-0.4, -0.2) is 31.9 Å². The fraction of sp³-hybridized carbons (Fsp3) is 0.267. The third kappa shape index (κ3) is 3.72. The fourth-order valence-electron chi connectivity index (χ4n) is 2.16. The van der Waals surface area contributed by atoms with Gasteiger partial charge < -0.3 is 10.2 Å². The predicted molar refractivity (Wildman–Crippen MR) is 79.3 cm³/mol. The summed E-state index contributed by atoms with van der Waals surface area (Å²) in [5, 5.41) is 17.8. The van der Waals surface area contributed by atoms with E-state index in [-0.39, 0.29) is 37.2 Å². The van der Waals surface area contributed by atoms with Crippen molar-refractivity contribution in [1.82, 2.24) is 9.13 Å². The molecule has 0 aliphatic carbocycles. The first-order valence-electron chi connectivity index (χ1n) is 6.88. The van der Waals surface area contributed by atoms with E-state index in [1.165, 1.54) is 18.3 Å². The number of carbonyl (C=O) groups is 1. The normalized spacial score (nSPS) is 10.7. The summed E-state index contributed by atoms with van der Waals surface area (Å²) in [5.41, 5.74) is -1.04. The van der Waals surface area contributed by atoms with E-state index in [0.717, 1.165) is 21.3 Å². The third-order valence-corrected chi connectivity index (χ3v) is 3.26. The van der Waals surface area contributed by atoms with Gasteiger partial charge in [0.05, 0.1) is 18.8 Å². The van der Waals surface area contributed by atoms with Crippen LogP contribution in [0.2, 0.25) is 0 Å². The molecule has 0 bridgehead atoms. The number of carboxylic acid groups (broad SMARTS) is 1. The number of hydrogen-bond acceptors (Lipinski definition) is 4. The van der Waals surface area contributed by atoms with Crippen molar-refractivity contribution in [2.75, 3.05) is 6.61 Å². The Morgan fingerprint density at radius 1 is 1.17 bits per heavy atom. The second-order valence-electron chi connectivity index (χ2n) is 4.86. The monoisotopic (exact) mass is 322 g/mol. The van der Waals surface area contributed by atoms with Gasteiger partial charge in [-0.3, -0.25) is 14.2 Å². The number of benzene rings is 1. The number of halogens is 1. The summed E-state index contributed by atoms with van der Waals surface area (Å²) in [7, 11) is 0. The Morgan fingerprint density at radius 2 is 1.83 bits per heavy atom. The first-order valence-corrected chi connectivity index (χ1v) is 6.88. The Kier molecular flexibility index (Phi) is 5.07. The van der Waals surface area contributed by atoms with Crippen molar-refractivity contribution in [1.29, 1.82) is 0 Å². The van der Waals surface area contributed by atoms with Crippen LogP contribution in [0.1, 0.15) is 12.0 Å². The van der Waals surface area contributed by atoms with Crippen molar-refractivity contribution in [3.05, 3.63) is 62.7 Å². The van der Waals surface area contributed by atoms with Crippen molar-refractivity contribution >= 4 is 5.97 Å². The molecule has 0 aliphatic rings. The molecule has 23 heavy (non-hydrogen) atoms. The number of aromatic nitrogens is 2. The highest BCUT2D eigenvalue weighted by Gasteiger charge is 2.14. The van der Waals surface area contributed by atoms with Crippen molar-refractivity contribution in [2.24, 2.45) is 0 Å². The molecule has 0 unspecified atom stereocenters. The molecule has 122 valence electrons. The second-order valence-corrected chi connectivity index (χ2v) is 4.86. The van der Waals surface area contributed by atoms with Gasteiger partial charge in [-0.1, -0.05) is 0 Å². The molecule has 1 aromatic carbocycles. The van der Waals surface area contributed by atoms with Crippen LogP contribution in [-0.2, 0) is 17.8 Å². The summed E-state index contributed by atoms with van der Waals surface area (Å²) < 4.78 is 15.0. The van der Waals surface area contributed by atoms with Crippen LogP contribution in [0.5, 0.6) is 0 Å².